The van der Waals surface area contributed by atoms with Crippen LogP contribution in [-0.2, 0) is 0 Å². The monoisotopic (exact) mass is 310 g/mol. The maximum Gasteiger partial charge on any atom is 0.137 e. The molecule has 5 heteroatoms. The topological polar surface area (TPSA) is 48.1 Å². The van der Waals surface area contributed by atoms with Gasteiger partial charge in [0.15, 0.2) is 0 Å². The summed E-state index contributed by atoms with van der Waals surface area (Å²) in [6.07, 6.45) is 3.24. The summed E-state index contributed by atoms with van der Waals surface area (Å²) in [7, 11) is 1.56. The Balaban J connectivity index is 2.34. The lowest BCUT2D eigenvalue weighted by atomic mass is 10.0. The molecule has 0 aliphatic carbocycles. The van der Waals surface area contributed by atoms with Gasteiger partial charge in [-0.3, -0.25) is 4.98 Å². The molecule has 0 fully saturated rings. The van der Waals surface area contributed by atoms with E-state index in [1.54, 1.807) is 37.7 Å². The van der Waals surface area contributed by atoms with Gasteiger partial charge in [0.25, 0.3) is 0 Å². The quantitative estimate of drug-likeness (QED) is 0.948. The normalized spacial score (nSPS) is 12.2. The molecule has 1 unspecified atom stereocenters. The van der Waals surface area contributed by atoms with E-state index in [2.05, 4.69) is 20.9 Å². The van der Waals surface area contributed by atoms with Crippen molar-refractivity contribution in [1.29, 1.82) is 0 Å². The number of rotatable bonds is 3. The van der Waals surface area contributed by atoms with E-state index in [-0.39, 0.29) is 5.82 Å². The molecule has 1 atom stereocenters. The summed E-state index contributed by atoms with van der Waals surface area (Å²) in [5, 5.41) is 0. The van der Waals surface area contributed by atoms with Crippen LogP contribution in [-0.4, -0.2) is 12.1 Å². The first-order chi connectivity index (χ1) is 8.61. The highest BCUT2D eigenvalue weighted by Crippen LogP contribution is 2.25. The van der Waals surface area contributed by atoms with Crippen molar-refractivity contribution in [3.8, 4) is 5.75 Å². The van der Waals surface area contributed by atoms with E-state index in [4.69, 9.17) is 10.5 Å². The smallest absolute Gasteiger partial charge is 0.137 e. The van der Waals surface area contributed by atoms with Crippen LogP contribution >= 0.6 is 15.9 Å². The minimum absolute atomic E-state index is 0.334. The summed E-state index contributed by atoms with van der Waals surface area (Å²) < 4.78 is 19.0. The van der Waals surface area contributed by atoms with E-state index in [0.29, 0.717) is 15.8 Å². The number of benzene rings is 1. The summed E-state index contributed by atoms with van der Waals surface area (Å²) in [5.41, 5.74) is 7.54. The first-order valence-corrected chi connectivity index (χ1v) is 6.10. The van der Waals surface area contributed by atoms with E-state index < -0.39 is 6.04 Å². The highest BCUT2D eigenvalue weighted by atomic mass is 79.9. The van der Waals surface area contributed by atoms with Crippen LogP contribution < -0.4 is 10.5 Å². The molecule has 0 aliphatic rings. The van der Waals surface area contributed by atoms with E-state index in [0.717, 1.165) is 5.56 Å². The van der Waals surface area contributed by atoms with E-state index in [9.17, 15) is 4.39 Å². The maximum atomic E-state index is 13.5. The van der Waals surface area contributed by atoms with Gasteiger partial charge in [-0.25, -0.2) is 4.39 Å². The van der Waals surface area contributed by atoms with Crippen molar-refractivity contribution < 1.29 is 9.13 Å². The molecule has 1 aromatic carbocycles. The zero-order valence-electron chi connectivity index (χ0n) is 9.73. The van der Waals surface area contributed by atoms with Crippen molar-refractivity contribution >= 4 is 15.9 Å². The number of aromatic nitrogens is 1. The SMILES string of the molecule is COc1cncc(C(N)c2ccc(Br)c(F)c2)c1. The minimum atomic E-state index is -0.435. The average molecular weight is 311 g/mol. The fraction of sp³-hybridized carbons (Fsp3) is 0.154. The number of nitrogens with two attached hydrogens (primary N) is 1. The molecule has 18 heavy (non-hydrogen) atoms. The molecule has 1 heterocycles. The number of ether oxygens (including phenoxy) is 1. The van der Waals surface area contributed by atoms with E-state index in [1.165, 1.54) is 6.07 Å². The van der Waals surface area contributed by atoms with Crippen LogP contribution in [0.15, 0.2) is 41.1 Å². The third kappa shape index (κ3) is 2.68. The summed E-state index contributed by atoms with van der Waals surface area (Å²) >= 11 is 3.11. The van der Waals surface area contributed by atoms with Crippen molar-refractivity contribution in [3.63, 3.8) is 0 Å². The predicted molar refractivity (Wildman–Crippen MR) is 70.9 cm³/mol. The Morgan fingerprint density at radius 1 is 1.28 bits per heavy atom. The Morgan fingerprint density at radius 2 is 2.06 bits per heavy atom. The largest absolute Gasteiger partial charge is 0.495 e. The Labute approximate surface area is 113 Å². The summed E-state index contributed by atoms with van der Waals surface area (Å²) in [5.74, 6) is 0.291. The molecule has 2 N–H and O–H groups in total. The number of nitrogens with zero attached hydrogens (tertiary/aromatic N) is 1. The first kappa shape index (κ1) is 13.0. The molecule has 0 saturated heterocycles. The van der Waals surface area contributed by atoms with Gasteiger partial charge in [-0.2, -0.15) is 0 Å². The first-order valence-electron chi connectivity index (χ1n) is 5.31. The van der Waals surface area contributed by atoms with Crippen LogP contribution in [0.4, 0.5) is 4.39 Å². The van der Waals surface area contributed by atoms with Gasteiger partial charge in [-0.1, -0.05) is 6.07 Å². The lowest BCUT2D eigenvalue weighted by Gasteiger charge is -2.13. The Morgan fingerprint density at radius 3 is 2.72 bits per heavy atom. The van der Waals surface area contributed by atoms with Crippen LogP contribution in [0.1, 0.15) is 17.2 Å². The maximum absolute atomic E-state index is 13.5. The highest BCUT2D eigenvalue weighted by molar-refractivity contribution is 9.10. The zero-order chi connectivity index (χ0) is 13.1. The fourth-order valence-corrected chi connectivity index (χ4v) is 1.86. The second-order valence-corrected chi connectivity index (χ2v) is 4.66. The van der Waals surface area contributed by atoms with Crippen molar-refractivity contribution in [1.82, 2.24) is 4.98 Å². The van der Waals surface area contributed by atoms with Crippen LogP contribution in [0.2, 0.25) is 0 Å². The summed E-state index contributed by atoms with van der Waals surface area (Å²) in [6, 6.07) is 6.18. The number of methoxy groups -OCH3 is 1. The van der Waals surface area contributed by atoms with E-state index >= 15 is 0 Å². The number of hydrogen-bond donors (Lipinski definition) is 1. The molecule has 3 nitrogen and oxygen atoms in total. The second kappa shape index (κ2) is 5.46. The zero-order valence-corrected chi connectivity index (χ0v) is 11.3. The van der Waals surface area contributed by atoms with Gasteiger partial charge in [0.2, 0.25) is 0 Å². The van der Waals surface area contributed by atoms with Crippen LogP contribution in [0, 0.1) is 5.82 Å². The van der Waals surface area contributed by atoms with Crippen LogP contribution in [0.5, 0.6) is 5.75 Å². The van der Waals surface area contributed by atoms with Crippen molar-refractivity contribution in [2.75, 3.05) is 7.11 Å². The van der Waals surface area contributed by atoms with Gasteiger partial charge in [0.05, 0.1) is 23.8 Å². The van der Waals surface area contributed by atoms with Gasteiger partial charge in [0, 0.05) is 6.20 Å². The summed E-state index contributed by atoms with van der Waals surface area (Å²) in [6.45, 7) is 0. The third-order valence-electron chi connectivity index (χ3n) is 2.63. The molecule has 0 aliphatic heterocycles. The van der Waals surface area contributed by atoms with Crippen molar-refractivity contribution in [2.45, 2.75) is 6.04 Å². The Kier molecular flexibility index (Phi) is 3.93. The molecular formula is C13H12BrFN2O. The molecular weight excluding hydrogens is 299 g/mol. The fourth-order valence-electron chi connectivity index (χ4n) is 1.62. The molecule has 0 radical (unpaired) electrons. The molecule has 2 rings (SSSR count). The Hall–Kier alpha value is -1.46. The molecule has 2 aromatic rings. The van der Waals surface area contributed by atoms with Crippen LogP contribution in [0.25, 0.3) is 0 Å². The van der Waals surface area contributed by atoms with Gasteiger partial charge in [0.1, 0.15) is 11.6 Å². The lowest BCUT2D eigenvalue weighted by Crippen LogP contribution is -2.12. The van der Waals surface area contributed by atoms with Crippen molar-refractivity contribution in [3.05, 3.63) is 58.1 Å². The van der Waals surface area contributed by atoms with Gasteiger partial charge >= 0.3 is 0 Å². The lowest BCUT2D eigenvalue weighted by molar-refractivity contribution is 0.412. The van der Waals surface area contributed by atoms with Crippen LogP contribution in [0.3, 0.4) is 0 Å². The van der Waals surface area contributed by atoms with E-state index in [1.807, 2.05) is 0 Å². The molecule has 1 aromatic heterocycles. The second-order valence-electron chi connectivity index (χ2n) is 3.81. The van der Waals surface area contributed by atoms with Crippen molar-refractivity contribution in [2.24, 2.45) is 5.73 Å². The number of halogens is 2. The number of pyridine rings is 1. The Bertz CT molecular complexity index is 562. The number of hydrogen-bond acceptors (Lipinski definition) is 3. The summed E-state index contributed by atoms with van der Waals surface area (Å²) in [4.78, 5) is 4.03. The molecule has 0 spiro atoms. The van der Waals surface area contributed by atoms with Gasteiger partial charge < -0.3 is 10.5 Å². The average Bonchev–Trinajstić information content (AvgIpc) is 2.41. The minimum Gasteiger partial charge on any atom is -0.495 e. The van der Waals surface area contributed by atoms with Gasteiger partial charge in [-0.05, 0) is 45.3 Å². The predicted octanol–water partition coefficient (Wildman–Crippen LogP) is 3.04. The van der Waals surface area contributed by atoms with Gasteiger partial charge in [-0.15, -0.1) is 0 Å². The molecule has 0 saturated carbocycles. The highest BCUT2D eigenvalue weighted by Gasteiger charge is 2.12. The molecule has 0 bridgehead atoms. The molecule has 94 valence electrons. The third-order valence-corrected chi connectivity index (χ3v) is 3.28. The standard InChI is InChI=1S/C13H12BrFN2O/c1-18-10-4-9(6-17-7-10)13(16)8-2-3-11(14)12(15)5-8/h2-7,13H,16H2,1H3. The molecule has 0 amide bonds.